The third-order valence-electron chi connectivity index (χ3n) is 3.00. The molecule has 0 aromatic heterocycles. The lowest BCUT2D eigenvalue weighted by Gasteiger charge is -2.01. The predicted molar refractivity (Wildman–Crippen MR) is 79.1 cm³/mol. The van der Waals surface area contributed by atoms with Gasteiger partial charge in [0, 0.05) is 17.7 Å². The Hall–Kier alpha value is -3.02. The van der Waals surface area contributed by atoms with Gasteiger partial charge < -0.3 is 0 Å². The topological polar surface area (TPSA) is 86.3 Å². The van der Waals surface area contributed by atoms with E-state index in [1.165, 1.54) is 12.1 Å². The largest absolute Gasteiger partial charge is 0.277 e. The zero-order valence-corrected chi connectivity index (χ0v) is 11.2. The van der Waals surface area contributed by atoms with Crippen LogP contribution in [0.2, 0.25) is 0 Å². The molecule has 2 aromatic carbocycles. The molecule has 2 rings (SSSR count). The van der Waals surface area contributed by atoms with Crippen LogP contribution in [0.3, 0.4) is 0 Å². The molecule has 21 heavy (non-hydrogen) atoms. The fourth-order valence-corrected chi connectivity index (χ4v) is 1.92. The third kappa shape index (κ3) is 3.30. The van der Waals surface area contributed by atoms with E-state index in [0.29, 0.717) is 16.7 Å². The maximum atomic E-state index is 11.2. The van der Waals surface area contributed by atoms with Gasteiger partial charge in [-0.15, -0.1) is 0 Å². The molecule has 0 amide bonds. The summed E-state index contributed by atoms with van der Waals surface area (Å²) in [6.07, 6.45) is 1.34. The summed E-state index contributed by atoms with van der Waals surface area (Å²) >= 11 is 0. The highest BCUT2D eigenvalue weighted by atomic mass is 16.6. The molecule has 0 aliphatic heterocycles. The molecule has 106 valence electrons. The van der Waals surface area contributed by atoms with Crippen LogP contribution in [0.25, 0.3) is 11.8 Å². The Labute approximate surface area is 120 Å². The van der Waals surface area contributed by atoms with Crippen LogP contribution < -0.4 is 0 Å². The van der Waals surface area contributed by atoms with E-state index in [2.05, 4.69) is 0 Å². The van der Waals surface area contributed by atoms with Gasteiger partial charge in [-0.1, -0.05) is 30.3 Å². The van der Waals surface area contributed by atoms with Crippen LogP contribution >= 0.6 is 0 Å². The van der Waals surface area contributed by atoms with Gasteiger partial charge in [-0.2, -0.15) is 0 Å². The Morgan fingerprint density at radius 3 is 2.29 bits per heavy atom. The van der Waals surface area contributed by atoms with E-state index < -0.39 is 9.85 Å². The minimum atomic E-state index is -0.499. The summed E-state index contributed by atoms with van der Waals surface area (Å²) in [6.45, 7) is 1.62. The molecule has 0 heterocycles. The summed E-state index contributed by atoms with van der Waals surface area (Å²) in [7, 11) is 0. The van der Waals surface area contributed by atoms with Gasteiger partial charge in [0.05, 0.1) is 15.4 Å². The highest BCUT2D eigenvalue weighted by molar-refractivity contribution is 5.77. The van der Waals surface area contributed by atoms with Crippen LogP contribution in [0.4, 0.5) is 5.69 Å². The first kappa shape index (κ1) is 14.4. The zero-order valence-electron chi connectivity index (χ0n) is 11.2. The van der Waals surface area contributed by atoms with Crippen molar-refractivity contribution in [2.45, 2.75) is 6.92 Å². The lowest BCUT2D eigenvalue weighted by atomic mass is 10.1. The average Bonchev–Trinajstić information content (AvgIpc) is 2.46. The maximum Gasteiger partial charge on any atom is 0.277 e. The molecule has 0 aliphatic carbocycles. The molecule has 0 saturated carbocycles. The second-order valence-corrected chi connectivity index (χ2v) is 4.46. The Morgan fingerprint density at radius 2 is 1.71 bits per heavy atom. The van der Waals surface area contributed by atoms with Crippen molar-refractivity contribution in [1.29, 1.82) is 0 Å². The average molecular weight is 284 g/mol. The van der Waals surface area contributed by atoms with E-state index in [1.54, 1.807) is 49.4 Å². The van der Waals surface area contributed by atoms with Crippen molar-refractivity contribution in [3.05, 3.63) is 85.4 Å². The fourth-order valence-electron chi connectivity index (χ4n) is 1.92. The molecule has 0 unspecified atom stereocenters. The SMILES string of the molecule is Cc1ccc(C=C(c2ccccc2)[N+](=O)[O-])cc1[N+](=O)[O-]. The number of aryl methyl sites for hydroxylation is 1. The monoisotopic (exact) mass is 284 g/mol. The minimum Gasteiger partial charge on any atom is -0.258 e. The third-order valence-corrected chi connectivity index (χ3v) is 3.00. The standard InChI is InChI=1S/C15H12N2O4/c1-11-7-8-12(9-14(11)16(18)19)10-15(17(20)21)13-5-3-2-4-6-13/h2-10H,1H3. The maximum absolute atomic E-state index is 11.2. The molecule has 0 fully saturated rings. The number of hydrogen-bond acceptors (Lipinski definition) is 4. The zero-order chi connectivity index (χ0) is 15.4. The second kappa shape index (κ2) is 5.96. The summed E-state index contributed by atoms with van der Waals surface area (Å²) in [5.74, 6) is 0. The van der Waals surface area contributed by atoms with Gasteiger partial charge >= 0.3 is 0 Å². The Kier molecular flexibility index (Phi) is 4.08. The van der Waals surface area contributed by atoms with E-state index in [1.807, 2.05) is 0 Å². The molecule has 0 radical (unpaired) electrons. The van der Waals surface area contributed by atoms with E-state index in [9.17, 15) is 20.2 Å². The molecule has 2 aromatic rings. The van der Waals surface area contributed by atoms with Crippen LogP contribution in [0, 0.1) is 27.2 Å². The summed E-state index contributed by atoms with van der Waals surface area (Å²) in [5.41, 5.74) is 1.22. The molecule has 6 nitrogen and oxygen atoms in total. The normalized spacial score (nSPS) is 11.2. The van der Waals surface area contributed by atoms with Gasteiger partial charge in [-0.25, -0.2) is 0 Å². The first-order valence-electron chi connectivity index (χ1n) is 6.15. The van der Waals surface area contributed by atoms with Crippen molar-refractivity contribution in [3.8, 4) is 0 Å². The summed E-state index contributed by atoms with van der Waals surface area (Å²) in [5, 5.41) is 22.1. The van der Waals surface area contributed by atoms with Crippen LogP contribution in [0.1, 0.15) is 16.7 Å². The molecular weight excluding hydrogens is 272 g/mol. The minimum absolute atomic E-state index is 0.0560. The molecular formula is C15H12N2O4. The fraction of sp³-hybridized carbons (Fsp3) is 0.0667. The molecule has 0 bridgehead atoms. The molecule has 0 N–H and O–H groups in total. The molecule has 0 spiro atoms. The highest BCUT2D eigenvalue weighted by Gasteiger charge is 2.16. The van der Waals surface area contributed by atoms with Gasteiger partial charge in [-0.05, 0) is 24.6 Å². The quantitative estimate of drug-likeness (QED) is 0.487. The number of rotatable bonds is 4. The van der Waals surface area contributed by atoms with Crippen molar-refractivity contribution in [2.24, 2.45) is 0 Å². The number of benzene rings is 2. The number of nitrogens with zero attached hydrogens (tertiary/aromatic N) is 2. The first-order chi connectivity index (χ1) is 9.99. The first-order valence-corrected chi connectivity index (χ1v) is 6.15. The van der Waals surface area contributed by atoms with Gasteiger partial charge in [0.2, 0.25) is 0 Å². The van der Waals surface area contributed by atoms with E-state index in [0.717, 1.165) is 0 Å². The van der Waals surface area contributed by atoms with Gasteiger partial charge in [-0.3, -0.25) is 20.2 Å². The van der Waals surface area contributed by atoms with Gasteiger partial charge in [0.1, 0.15) is 0 Å². The van der Waals surface area contributed by atoms with Crippen molar-refractivity contribution in [2.75, 3.05) is 0 Å². The highest BCUT2D eigenvalue weighted by Crippen LogP contribution is 2.23. The summed E-state index contributed by atoms with van der Waals surface area (Å²) in [4.78, 5) is 21.1. The van der Waals surface area contributed by atoms with Crippen molar-refractivity contribution in [3.63, 3.8) is 0 Å². The lowest BCUT2D eigenvalue weighted by Crippen LogP contribution is -1.98. The van der Waals surface area contributed by atoms with Crippen LogP contribution in [0.5, 0.6) is 0 Å². The Balaban J connectivity index is 2.52. The smallest absolute Gasteiger partial charge is 0.258 e. The van der Waals surface area contributed by atoms with Crippen molar-refractivity contribution < 1.29 is 9.85 Å². The van der Waals surface area contributed by atoms with Gasteiger partial charge in [0.25, 0.3) is 11.4 Å². The molecule has 0 atom stereocenters. The second-order valence-electron chi connectivity index (χ2n) is 4.46. The Morgan fingerprint density at radius 1 is 1.05 bits per heavy atom. The summed E-state index contributed by atoms with van der Waals surface area (Å²) < 4.78 is 0. The number of nitro benzene ring substituents is 1. The molecule has 0 saturated heterocycles. The lowest BCUT2D eigenvalue weighted by molar-refractivity contribution is -0.385. The molecule has 0 aliphatic rings. The molecule has 6 heteroatoms. The van der Waals surface area contributed by atoms with Crippen LogP contribution in [-0.4, -0.2) is 9.85 Å². The number of nitro groups is 2. The van der Waals surface area contributed by atoms with Gasteiger partial charge in [0.15, 0.2) is 0 Å². The van der Waals surface area contributed by atoms with Crippen molar-refractivity contribution >= 4 is 17.5 Å². The Bertz CT molecular complexity index is 724. The van der Waals surface area contributed by atoms with Crippen LogP contribution in [0.15, 0.2) is 48.5 Å². The van der Waals surface area contributed by atoms with E-state index in [4.69, 9.17) is 0 Å². The predicted octanol–water partition coefficient (Wildman–Crippen LogP) is 3.68. The van der Waals surface area contributed by atoms with E-state index in [-0.39, 0.29) is 11.4 Å². The summed E-state index contributed by atoms with van der Waals surface area (Å²) in [6, 6.07) is 12.9. The number of hydrogen-bond donors (Lipinski definition) is 0. The van der Waals surface area contributed by atoms with E-state index >= 15 is 0 Å². The van der Waals surface area contributed by atoms with Crippen LogP contribution in [-0.2, 0) is 0 Å². The van der Waals surface area contributed by atoms with Crippen molar-refractivity contribution in [1.82, 2.24) is 0 Å².